The minimum atomic E-state index is -2.99. The van der Waals surface area contributed by atoms with Crippen LogP contribution in [0.1, 0.15) is 12.5 Å². The standard InChI is InChI=1S/C21H18F3N3O3S/c1-10-4-12(19-15(5-10)26-18(8-25-19)30-21(23)24)20-27-14-6-13(22)16(7-17(14)31-20)29-11(2)9-28-3/h4-8,11,21H,9H2,1-3H3. The summed E-state index contributed by atoms with van der Waals surface area (Å²) >= 11 is 1.34. The van der Waals surface area contributed by atoms with Gasteiger partial charge < -0.3 is 14.2 Å². The molecule has 0 N–H and O–H groups in total. The molecule has 0 saturated heterocycles. The molecule has 0 aliphatic rings. The van der Waals surface area contributed by atoms with E-state index < -0.39 is 12.4 Å². The highest BCUT2D eigenvalue weighted by Crippen LogP contribution is 2.37. The van der Waals surface area contributed by atoms with Crippen molar-refractivity contribution in [1.82, 2.24) is 15.0 Å². The Labute approximate surface area is 179 Å². The molecule has 2 aromatic heterocycles. The van der Waals surface area contributed by atoms with Crippen molar-refractivity contribution in [3.05, 3.63) is 41.8 Å². The third kappa shape index (κ3) is 4.54. The molecule has 10 heteroatoms. The van der Waals surface area contributed by atoms with E-state index in [1.807, 2.05) is 13.0 Å². The number of alkyl halides is 2. The van der Waals surface area contributed by atoms with Crippen molar-refractivity contribution >= 4 is 32.6 Å². The van der Waals surface area contributed by atoms with Gasteiger partial charge in [0.25, 0.3) is 0 Å². The second kappa shape index (κ2) is 8.64. The van der Waals surface area contributed by atoms with Crippen molar-refractivity contribution in [1.29, 1.82) is 0 Å². The largest absolute Gasteiger partial charge is 0.485 e. The first kappa shape index (κ1) is 21.3. The van der Waals surface area contributed by atoms with Gasteiger partial charge in [0.05, 0.1) is 34.1 Å². The molecule has 0 fully saturated rings. The molecule has 0 saturated carbocycles. The van der Waals surface area contributed by atoms with Gasteiger partial charge in [-0.05, 0) is 31.5 Å². The average molecular weight is 449 g/mol. The van der Waals surface area contributed by atoms with E-state index in [1.165, 1.54) is 17.4 Å². The molecule has 2 heterocycles. The molecular weight excluding hydrogens is 431 g/mol. The van der Waals surface area contributed by atoms with Gasteiger partial charge >= 0.3 is 6.61 Å². The summed E-state index contributed by atoms with van der Waals surface area (Å²) in [5.74, 6) is -0.665. The maximum atomic E-state index is 14.5. The summed E-state index contributed by atoms with van der Waals surface area (Å²) in [7, 11) is 1.55. The van der Waals surface area contributed by atoms with E-state index in [2.05, 4.69) is 19.7 Å². The quantitative estimate of drug-likeness (QED) is 0.378. The molecule has 2 aromatic carbocycles. The molecular formula is C21H18F3N3O3S. The van der Waals surface area contributed by atoms with Crippen LogP contribution in [0.25, 0.3) is 31.8 Å². The SMILES string of the molecule is COCC(C)Oc1cc2sc(-c3cc(C)cc4nc(OC(F)F)cnc34)nc2cc1F. The van der Waals surface area contributed by atoms with E-state index >= 15 is 0 Å². The summed E-state index contributed by atoms with van der Waals surface area (Å²) in [6.07, 6.45) is 0.827. The molecule has 1 atom stereocenters. The highest BCUT2D eigenvalue weighted by atomic mass is 32.1. The zero-order valence-corrected chi connectivity index (χ0v) is 17.7. The molecule has 0 radical (unpaired) electrons. The van der Waals surface area contributed by atoms with Crippen molar-refractivity contribution in [3.8, 4) is 22.2 Å². The van der Waals surface area contributed by atoms with Crippen LogP contribution in [0.5, 0.6) is 11.6 Å². The van der Waals surface area contributed by atoms with E-state index in [0.29, 0.717) is 33.7 Å². The number of thiazole rings is 1. The van der Waals surface area contributed by atoms with Gasteiger partial charge in [0, 0.05) is 24.8 Å². The molecule has 6 nitrogen and oxygen atoms in total. The lowest BCUT2D eigenvalue weighted by Gasteiger charge is -2.14. The smallest absolute Gasteiger partial charge is 0.388 e. The lowest BCUT2D eigenvalue weighted by molar-refractivity contribution is -0.0528. The van der Waals surface area contributed by atoms with E-state index in [9.17, 15) is 13.2 Å². The van der Waals surface area contributed by atoms with Crippen molar-refractivity contribution < 1.29 is 27.4 Å². The molecule has 0 aliphatic heterocycles. The van der Waals surface area contributed by atoms with Gasteiger partial charge in [-0.1, -0.05) is 0 Å². The van der Waals surface area contributed by atoms with E-state index in [4.69, 9.17) is 9.47 Å². The summed E-state index contributed by atoms with van der Waals surface area (Å²) in [4.78, 5) is 12.9. The Morgan fingerprint density at radius 1 is 1.06 bits per heavy atom. The summed E-state index contributed by atoms with van der Waals surface area (Å²) in [6.45, 7) is 0.977. The molecule has 1 unspecified atom stereocenters. The molecule has 4 rings (SSSR count). The number of halogens is 3. The van der Waals surface area contributed by atoms with Gasteiger partial charge in [0.2, 0.25) is 5.88 Å². The van der Waals surface area contributed by atoms with Gasteiger partial charge in [0.15, 0.2) is 11.6 Å². The maximum Gasteiger partial charge on any atom is 0.388 e. The predicted octanol–water partition coefficient (Wildman–Crippen LogP) is 5.37. The Hall–Kier alpha value is -2.98. The second-order valence-corrected chi connectivity index (χ2v) is 7.95. The normalized spacial score (nSPS) is 12.6. The molecule has 4 aromatic rings. The second-order valence-electron chi connectivity index (χ2n) is 6.92. The van der Waals surface area contributed by atoms with Crippen molar-refractivity contribution in [2.45, 2.75) is 26.6 Å². The molecule has 0 bridgehead atoms. The predicted molar refractivity (Wildman–Crippen MR) is 111 cm³/mol. The minimum Gasteiger partial charge on any atom is -0.485 e. The topological polar surface area (TPSA) is 66.4 Å². The van der Waals surface area contributed by atoms with Crippen LogP contribution in [0.3, 0.4) is 0 Å². The van der Waals surface area contributed by atoms with Crippen LogP contribution in [0.4, 0.5) is 13.2 Å². The van der Waals surface area contributed by atoms with Crippen LogP contribution < -0.4 is 9.47 Å². The molecule has 0 spiro atoms. The Morgan fingerprint density at radius 2 is 1.87 bits per heavy atom. The van der Waals surface area contributed by atoms with Crippen LogP contribution in [-0.2, 0) is 4.74 Å². The van der Waals surface area contributed by atoms with E-state index in [1.54, 1.807) is 26.2 Å². The van der Waals surface area contributed by atoms with Crippen LogP contribution in [0.2, 0.25) is 0 Å². The summed E-state index contributed by atoms with van der Waals surface area (Å²) < 4.78 is 55.2. The van der Waals surface area contributed by atoms with Crippen LogP contribution in [0.15, 0.2) is 30.5 Å². The number of hydrogen-bond acceptors (Lipinski definition) is 7. The van der Waals surface area contributed by atoms with Crippen molar-refractivity contribution in [3.63, 3.8) is 0 Å². The first-order valence-electron chi connectivity index (χ1n) is 9.32. The van der Waals surface area contributed by atoms with Crippen LogP contribution in [-0.4, -0.2) is 41.4 Å². The monoisotopic (exact) mass is 449 g/mol. The highest BCUT2D eigenvalue weighted by molar-refractivity contribution is 7.21. The van der Waals surface area contributed by atoms with E-state index in [0.717, 1.165) is 16.5 Å². The number of hydrogen-bond donors (Lipinski definition) is 0. The summed E-state index contributed by atoms with van der Waals surface area (Å²) in [5.41, 5.74) is 2.87. The number of aromatic nitrogens is 3. The summed E-state index contributed by atoms with van der Waals surface area (Å²) in [5, 5.41) is 0.599. The third-order valence-electron chi connectivity index (χ3n) is 4.38. The number of ether oxygens (including phenoxy) is 3. The number of fused-ring (bicyclic) bond motifs is 2. The summed E-state index contributed by atoms with van der Waals surface area (Å²) in [6, 6.07) is 6.52. The highest BCUT2D eigenvalue weighted by Gasteiger charge is 2.17. The maximum absolute atomic E-state index is 14.5. The zero-order chi connectivity index (χ0) is 22.1. The Morgan fingerprint density at radius 3 is 2.61 bits per heavy atom. The van der Waals surface area contributed by atoms with Gasteiger partial charge in [-0.3, -0.25) is 0 Å². The number of rotatable bonds is 7. The molecule has 0 amide bonds. The fraction of sp³-hybridized carbons (Fsp3) is 0.286. The fourth-order valence-electron chi connectivity index (χ4n) is 3.18. The third-order valence-corrected chi connectivity index (χ3v) is 5.43. The first-order valence-corrected chi connectivity index (χ1v) is 10.1. The first-order chi connectivity index (χ1) is 14.8. The van der Waals surface area contributed by atoms with Crippen molar-refractivity contribution in [2.24, 2.45) is 0 Å². The Balaban J connectivity index is 1.77. The fourth-order valence-corrected chi connectivity index (χ4v) is 4.17. The van der Waals surface area contributed by atoms with E-state index in [-0.39, 0.29) is 17.7 Å². The van der Waals surface area contributed by atoms with Gasteiger partial charge in [-0.25, -0.2) is 19.3 Å². The van der Waals surface area contributed by atoms with Crippen LogP contribution >= 0.6 is 11.3 Å². The van der Waals surface area contributed by atoms with Gasteiger partial charge in [-0.15, -0.1) is 11.3 Å². The average Bonchev–Trinajstić information content (AvgIpc) is 3.09. The lowest BCUT2D eigenvalue weighted by atomic mass is 10.1. The lowest BCUT2D eigenvalue weighted by Crippen LogP contribution is -2.18. The number of nitrogens with zero attached hydrogens (tertiary/aromatic N) is 3. The number of aryl methyl sites for hydroxylation is 1. The van der Waals surface area contributed by atoms with Gasteiger partial charge in [-0.2, -0.15) is 8.78 Å². The number of benzene rings is 2. The van der Waals surface area contributed by atoms with Crippen molar-refractivity contribution in [2.75, 3.05) is 13.7 Å². The van der Waals surface area contributed by atoms with Crippen LogP contribution in [0, 0.1) is 12.7 Å². The number of methoxy groups -OCH3 is 1. The zero-order valence-electron chi connectivity index (χ0n) is 16.9. The minimum absolute atomic E-state index is 0.120. The Bertz CT molecular complexity index is 1250. The van der Waals surface area contributed by atoms with Gasteiger partial charge in [0.1, 0.15) is 11.1 Å². The molecule has 0 aliphatic carbocycles. The molecule has 31 heavy (non-hydrogen) atoms. The Kier molecular flexibility index (Phi) is 5.92. The molecule has 162 valence electrons.